The number of nitrogens with one attached hydrogen (secondary N) is 3. The van der Waals surface area contributed by atoms with Gasteiger partial charge in [-0.25, -0.2) is 9.78 Å². The number of carbonyl (C=O) groups is 1. The van der Waals surface area contributed by atoms with E-state index in [0.29, 0.717) is 17.1 Å². The van der Waals surface area contributed by atoms with Crippen LogP contribution in [0.4, 0.5) is 0 Å². The van der Waals surface area contributed by atoms with Crippen LogP contribution in [0.5, 0.6) is 17.4 Å². The quantitative estimate of drug-likeness (QED) is 0.600. The van der Waals surface area contributed by atoms with E-state index in [2.05, 4.69) is 15.3 Å². The number of pyridine rings is 1. The highest BCUT2D eigenvalue weighted by Gasteiger charge is 2.14. The van der Waals surface area contributed by atoms with Gasteiger partial charge in [-0.1, -0.05) is 18.2 Å². The molecule has 3 rings (SSSR count). The molecule has 0 spiro atoms. The first kappa shape index (κ1) is 17.9. The number of carbonyl (C=O) groups excluding carboxylic acids is 1. The lowest BCUT2D eigenvalue weighted by atomic mass is 10.2. The first-order chi connectivity index (χ1) is 13.1. The van der Waals surface area contributed by atoms with E-state index in [1.165, 1.54) is 7.11 Å². The Kier molecular flexibility index (Phi) is 5.31. The van der Waals surface area contributed by atoms with Crippen molar-refractivity contribution in [2.24, 2.45) is 0 Å². The second-order valence-corrected chi connectivity index (χ2v) is 5.39. The summed E-state index contributed by atoms with van der Waals surface area (Å²) >= 11 is 0. The van der Waals surface area contributed by atoms with Crippen LogP contribution in [-0.4, -0.2) is 28.0 Å². The lowest BCUT2D eigenvalue weighted by Gasteiger charge is -2.12. The van der Waals surface area contributed by atoms with Gasteiger partial charge >= 0.3 is 5.69 Å². The van der Waals surface area contributed by atoms with Crippen LogP contribution in [0.2, 0.25) is 0 Å². The van der Waals surface area contributed by atoms with Gasteiger partial charge in [-0.05, 0) is 18.2 Å². The van der Waals surface area contributed by atoms with Crippen LogP contribution >= 0.6 is 0 Å². The monoisotopic (exact) mass is 368 g/mol. The van der Waals surface area contributed by atoms with E-state index in [1.54, 1.807) is 36.5 Å². The van der Waals surface area contributed by atoms with Crippen LogP contribution in [-0.2, 0) is 6.54 Å². The largest absolute Gasteiger partial charge is 0.493 e. The summed E-state index contributed by atoms with van der Waals surface area (Å²) in [5.74, 6) is 0.665. The van der Waals surface area contributed by atoms with Crippen molar-refractivity contribution in [3.05, 3.63) is 80.8 Å². The average Bonchev–Trinajstić information content (AvgIpc) is 2.67. The van der Waals surface area contributed by atoms with E-state index >= 15 is 0 Å². The average molecular weight is 368 g/mol. The normalized spacial score (nSPS) is 10.3. The number of hydrogen-bond donors (Lipinski definition) is 3. The third kappa shape index (κ3) is 4.21. The predicted molar refractivity (Wildman–Crippen MR) is 96.2 cm³/mol. The number of hydrogen-bond acceptors (Lipinski definition) is 6. The molecule has 1 amide bonds. The van der Waals surface area contributed by atoms with Gasteiger partial charge in [0.2, 0.25) is 5.88 Å². The lowest BCUT2D eigenvalue weighted by Crippen LogP contribution is -2.33. The fourth-order valence-corrected chi connectivity index (χ4v) is 2.31. The Labute approximate surface area is 153 Å². The number of methoxy groups -OCH3 is 1. The minimum absolute atomic E-state index is 0.0652. The number of rotatable bonds is 6. The van der Waals surface area contributed by atoms with E-state index in [4.69, 9.17) is 9.47 Å². The second-order valence-electron chi connectivity index (χ2n) is 5.39. The zero-order valence-corrected chi connectivity index (χ0v) is 14.3. The summed E-state index contributed by atoms with van der Waals surface area (Å²) in [6.07, 6.45) is 2.62. The van der Waals surface area contributed by atoms with Crippen molar-refractivity contribution in [2.75, 3.05) is 7.11 Å². The number of benzene rings is 1. The van der Waals surface area contributed by atoms with Gasteiger partial charge in [-0.15, -0.1) is 0 Å². The molecular formula is C18H16N4O5. The third-order valence-electron chi connectivity index (χ3n) is 3.63. The molecule has 0 aliphatic rings. The molecule has 3 N–H and O–H groups in total. The summed E-state index contributed by atoms with van der Waals surface area (Å²) in [4.78, 5) is 43.3. The zero-order chi connectivity index (χ0) is 19.2. The fraction of sp³-hybridized carbons (Fsp3) is 0.111. The summed E-state index contributed by atoms with van der Waals surface area (Å²) in [7, 11) is 1.53. The first-order valence-corrected chi connectivity index (χ1v) is 7.93. The van der Waals surface area contributed by atoms with Crippen molar-refractivity contribution >= 4 is 5.91 Å². The van der Waals surface area contributed by atoms with Gasteiger partial charge in [0.05, 0.1) is 7.11 Å². The van der Waals surface area contributed by atoms with Gasteiger partial charge < -0.3 is 19.8 Å². The fourth-order valence-electron chi connectivity index (χ4n) is 2.31. The Morgan fingerprint density at radius 3 is 2.67 bits per heavy atom. The second kappa shape index (κ2) is 8.00. The summed E-state index contributed by atoms with van der Waals surface area (Å²) in [6, 6.07) is 10.5. The topological polar surface area (TPSA) is 126 Å². The van der Waals surface area contributed by atoms with Crippen LogP contribution in [0.3, 0.4) is 0 Å². The molecule has 0 atom stereocenters. The van der Waals surface area contributed by atoms with E-state index < -0.39 is 17.2 Å². The minimum Gasteiger partial charge on any atom is -0.493 e. The van der Waals surface area contributed by atoms with E-state index in [1.807, 2.05) is 11.1 Å². The van der Waals surface area contributed by atoms with Gasteiger partial charge in [-0.3, -0.25) is 14.6 Å². The molecule has 0 saturated carbocycles. The summed E-state index contributed by atoms with van der Waals surface area (Å²) in [6.45, 7) is 0.0652. The Morgan fingerprint density at radius 1 is 1.15 bits per heavy atom. The van der Waals surface area contributed by atoms with Crippen molar-refractivity contribution in [1.82, 2.24) is 20.3 Å². The molecule has 2 aromatic heterocycles. The number of aromatic nitrogens is 3. The van der Waals surface area contributed by atoms with Crippen LogP contribution in [0, 0.1) is 0 Å². The molecule has 1 aromatic carbocycles. The molecule has 0 fully saturated rings. The molecule has 9 nitrogen and oxygen atoms in total. The molecule has 0 saturated heterocycles. The summed E-state index contributed by atoms with van der Waals surface area (Å²) < 4.78 is 11.1. The number of ether oxygens (including phenoxy) is 2. The lowest BCUT2D eigenvalue weighted by molar-refractivity contribution is 0.0948. The maximum Gasteiger partial charge on any atom is 0.325 e. The maximum absolute atomic E-state index is 12.2. The highest BCUT2D eigenvalue weighted by atomic mass is 16.5. The molecule has 0 aliphatic carbocycles. The van der Waals surface area contributed by atoms with Crippen LogP contribution < -0.4 is 26.0 Å². The van der Waals surface area contributed by atoms with Gasteiger partial charge in [0.15, 0.2) is 11.5 Å². The Bertz CT molecular complexity index is 1070. The molecule has 2 heterocycles. The highest BCUT2D eigenvalue weighted by molar-refractivity contribution is 5.93. The van der Waals surface area contributed by atoms with Crippen molar-refractivity contribution in [3.63, 3.8) is 0 Å². The standard InChI is InChI=1S/C18H16N4O5/c1-26-13-6-2-3-7-14(13)27-17-11(5-4-8-19-17)9-20-15(23)12-10-21-18(25)22-16(12)24/h2-8,10H,9H2,1H3,(H,20,23)(H2,21,22,24,25). The van der Waals surface area contributed by atoms with E-state index in [9.17, 15) is 14.4 Å². The predicted octanol–water partition coefficient (Wildman–Crippen LogP) is 1.19. The van der Waals surface area contributed by atoms with Crippen molar-refractivity contribution in [2.45, 2.75) is 6.54 Å². The van der Waals surface area contributed by atoms with E-state index in [-0.39, 0.29) is 18.0 Å². The molecule has 138 valence electrons. The van der Waals surface area contributed by atoms with Crippen LogP contribution in [0.1, 0.15) is 15.9 Å². The molecule has 0 unspecified atom stereocenters. The van der Waals surface area contributed by atoms with Gasteiger partial charge in [0.25, 0.3) is 11.5 Å². The Hall–Kier alpha value is -3.88. The maximum atomic E-state index is 12.2. The van der Waals surface area contributed by atoms with E-state index in [0.717, 1.165) is 6.20 Å². The molecule has 27 heavy (non-hydrogen) atoms. The Morgan fingerprint density at radius 2 is 1.93 bits per heavy atom. The summed E-state index contributed by atoms with van der Waals surface area (Å²) in [5, 5.41) is 2.60. The highest BCUT2D eigenvalue weighted by Crippen LogP contribution is 2.31. The van der Waals surface area contributed by atoms with Crippen molar-refractivity contribution in [3.8, 4) is 17.4 Å². The van der Waals surface area contributed by atoms with Crippen molar-refractivity contribution in [1.29, 1.82) is 0 Å². The number of aromatic amines is 2. The number of nitrogens with zero attached hydrogens (tertiary/aromatic N) is 1. The van der Waals surface area contributed by atoms with Crippen molar-refractivity contribution < 1.29 is 14.3 Å². The van der Waals surface area contributed by atoms with Crippen LogP contribution in [0.15, 0.2) is 58.4 Å². The molecule has 0 bridgehead atoms. The van der Waals surface area contributed by atoms with Gasteiger partial charge in [0.1, 0.15) is 5.56 Å². The molecule has 0 aliphatic heterocycles. The van der Waals surface area contributed by atoms with Gasteiger partial charge in [-0.2, -0.15) is 0 Å². The summed E-state index contributed by atoms with van der Waals surface area (Å²) in [5.41, 5.74) is -1.06. The number of para-hydroxylation sites is 2. The Balaban J connectivity index is 1.77. The molecule has 0 radical (unpaired) electrons. The molecule has 9 heteroatoms. The molecular weight excluding hydrogens is 352 g/mol. The van der Waals surface area contributed by atoms with Crippen LogP contribution in [0.25, 0.3) is 0 Å². The van der Waals surface area contributed by atoms with Gasteiger partial charge in [0, 0.05) is 24.5 Å². The minimum atomic E-state index is -0.770. The first-order valence-electron chi connectivity index (χ1n) is 7.93. The zero-order valence-electron chi connectivity index (χ0n) is 14.3. The number of amides is 1. The molecule has 3 aromatic rings. The SMILES string of the molecule is COc1ccccc1Oc1ncccc1CNC(=O)c1c[nH]c(=O)[nH]c1=O. The third-order valence-corrected chi connectivity index (χ3v) is 3.63. The number of H-pyrrole nitrogens is 2. The smallest absolute Gasteiger partial charge is 0.325 e.